The van der Waals surface area contributed by atoms with Gasteiger partial charge in [-0.15, -0.1) is 0 Å². The van der Waals surface area contributed by atoms with E-state index in [9.17, 15) is 14.7 Å². The first-order chi connectivity index (χ1) is 9.25. The second-order valence-electron chi connectivity index (χ2n) is 6.52. The molecule has 2 aliphatic rings. The van der Waals surface area contributed by atoms with Crippen molar-refractivity contribution in [2.24, 2.45) is 0 Å². The van der Waals surface area contributed by atoms with Crippen molar-refractivity contribution in [3.05, 3.63) is 0 Å². The van der Waals surface area contributed by atoms with E-state index in [1.807, 2.05) is 0 Å². The Hall–Kier alpha value is -1.30. The Kier molecular flexibility index (Phi) is 3.95. The van der Waals surface area contributed by atoms with Crippen LogP contribution >= 0.6 is 0 Å². The minimum Gasteiger partial charge on any atom is -0.480 e. The number of carboxylic acids is 1. The molecule has 0 bridgehead atoms. The maximum atomic E-state index is 12.4. The molecule has 2 rings (SSSR count). The maximum absolute atomic E-state index is 12.4. The van der Waals surface area contributed by atoms with Gasteiger partial charge in [0, 0.05) is 0 Å². The van der Waals surface area contributed by atoms with Gasteiger partial charge in [-0.05, 0) is 46.5 Å². The van der Waals surface area contributed by atoms with E-state index in [-0.39, 0.29) is 6.61 Å². The van der Waals surface area contributed by atoms with Crippen LogP contribution in [0.3, 0.4) is 0 Å². The molecule has 2 fully saturated rings. The highest BCUT2D eigenvalue weighted by atomic mass is 16.6. The zero-order chi connectivity index (χ0) is 15.0. The standard InChI is InChI=1S/C14H23NO5/c1-13(2,3)20-12(18)15-10(11(16)17)9-19-14(15)7-5-4-6-8-14/h10H,4-9H2,1-3H3,(H,16,17). The summed E-state index contributed by atoms with van der Waals surface area (Å²) in [6.07, 6.45) is 3.72. The van der Waals surface area contributed by atoms with E-state index in [4.69, 9.17) is 9.47 Å². The molecule has 6 nitrogen and oxygen atoms in total. The van der Waals surface area contributed by atoms with Gasteiger partial charge in [0.05, 0.1) is 6.61 Å². The Morgan fingerprint density at radius 3 is 2.35 bits per heavy atom. The van der Waals surface area contributed by atoms with E-state index in [1.54, 1.807) is 20.8 Å². The summed E-state index contributed by atoms with van der Waals surface area (Å²) in [6.45, 7) is 5.34. The summed E-state index contributed by atoms with van der Waals surface area (Å²) >= 11 is 0. The highest BCUT2D eigenvalue weighted by molar-refractivity contribution is 5.81. The van der Waals surface area contributed by atoms with Crippen molar-refractivity contribution in [3.63, 3.8) is 0 Å². The topological polar surface area (TPSA) is 76.1 Å². The fraction of sp³-hybridized carbons (Fsp3) is 0.857. The zero-order valence-electron chi connectivity index (χ0n) is 12.3. The molecule has 1 aliphatic heterocycles. The molecule has 1 saturated heterocycles. The summed E-state index contributed by atoms with van der Waals surface area (Å²) < 4.78 is 11.1. The van der Waals surface area contributed by atoms with E-state index in [0.29, 0.717) is 12.8 Å². The van der Waals surface area contributed by atoms with Gasteiger partial charge in [-0.2, -0.15) is 0 Å². The molecular weight excluding hydrogens is 262 g/mol. The number of rotatable bonds is 1. The highest BCUT2D eigenvalue weighted by Crippen LogP contribution is 2.41. The van der Waals surface area contributed by atoms with Crippen molar-refractivity contribution >= 4 is 12.1 Å². The molecule has 0 aromatic rings. The van der Waals surface area contributed by atoms with Gasteiger partial charge in [-0.1, -0.05) is 6.42 Å². The van der Waals surface area contributed by atoms with Crippen LogP contribution < -0.4 is 0 Å². The first-order valence-electron chi connectivity index (χ1n) is 7.14. The number of aliphatic carboxylic acids is 1. The monoisotopic (exact) mass is 285 g/mol. The molecule has 1 amide bonds. The molecule has 1 heterocycles. The first kappa shape index (κ1) is 15.1. The molecule has 1 N–H and O–H groups in total. The average molecular weight is 285 g/mol. The third-order valence-corrected chi connectivity index (χ3v) is 3.77. The predicted molar refractivity (Wildman–Crippen MR) is 71.3 cm³/mol. The number of carbonyl (C=O) groups is 2. The van der Waals surface area contributed by atoms with Crippen molar-refractivity contribution in [2.75, 3.05) is 6.61 Å². The lowest BCUT2D eigenvalue weighted by Gasteiger charge is -2.41. The second-order valence-corrected chi connectivity index (χ2v) is 6.52. The van der Waals surface area contributed by atoms with Gasteiger partial charge in [-0.3, -0.25) is 4.90 Å². The van der Waals surface area contributed by atoms with Crippen molar-refractivity contribution in [1.29, 1.82) is 0 Å². The lowest BCUT2D eigenvalue weighted by molar-refractivity contribution is -0.145. The number of amides is 1. The number of carbonyl (C=O) groups excluding carboxylic acids is 1. The Bertz CT molecular complexity index is 395. The number of carboxylic acid groups (broad SMARTS) is 1. The van der Waals surface area contributed by atoms with E-state index in [1.165, 1.54) is 4.90 Å². The Morgan fingerprint density at radius 2 is 1.85 bits per heavy atom. The van der Waals surface area contributed by atoms with Crippen LogP contribution in [0, 0.1) is 0 Å². The van der Waals surface area contributed by atoms with Gasteiger partial charge in [0.1, 0.15) is 11.3 Å². The molecular formula is C14H23NO5. The van der Waals surface area contributed by atoms with Crippen molar-refractivity contribution in [2.45, 2.75) is 70.2 Å². The molecule has 0 radical (unpaired) electrons. The fourth-order valence-electron chi connectivity index (χ4n) is 2.94. The van der Waals surface area contributed by atoms with E-state index < -0.39 is 29.4 Å². The number of ether oxygens (including phenoxy) is 2. The molecule has 1 unspecified atom stereocenters. The van der Waals surface area contributed by atoms with Gasteiger partial charge in [0.2, 0.25) is 0 Å². The summed E-state index contributed by atoms with van der Waals surface area (Å²) in [5.41, 5.74) is -1.44. The molecule has 114 valence electrons. The zero-order valence-corrected chi connectivity index (χ0v) is 12.3. The van der Waals surface area contributed by atoms with Gasteiger partial charge in [0.25, 0.3) is 0 Å². The molecule has 0 aromatic heterocycles. The third kappa shape index (κ3) is 2.90. The van der Waals surface area contributed by atoms with Crippen molar-refractivity contribution in [1.82, 2.24) is 4.90 Å². The fourth-order valence-corrected chi connectivity index (χ4v) is 2.94. The van der Waals surface area contributed by atoms with E-state index in [2.05, 4.69) is 0 Å². The Morgan fingerprint density at radius 1 is 1.25 bits per heavy atom. The highest BCUT2D eigenvalue weighted by Gasteiger charge is 2.54. The minimum atomic E-state index is -1.04. The second kappa shape index (κ2) is 5.24. The van der Waals surface area contributed by atoms with Gasteiger partial charge in [-0.25, -0.2) is 9.59 Å². The summed E-state index contributed by atoms with van der Waals surface area (Å²) in [4.78, 5) is 25.1. The average Bonchev–Trinajstić information content (AvgIpc) is 2.67. The van der Waals surface area contributed by atoms with Gasteiger partial charge >= 0.3 is 12.1 Å². The van der Waals surface area contributed by atoms with Crippen LogP contribution in [-0.4, -0.2) is 46.0 Å². The van der Waals surface area contributed by atoms with Crippen LogP contribution in [0.15, 0.2) is 0 Å². The van der Waals surface area contributed by atoms with Crippen LogP contribution in [0.5, 0.6) is 0 Å². The lowest BCUT2D eigenvalue weighted by Crippen LogP contribution is -2.55. The maximum Gasteiger partial charge on any atom is 0.413 e. The van der Waals surface area contributed by atoms with Gasteiger partial charge in [0.15, 0.2) is 6.04 Å². The molecule has 1 saturated carbocycles. The normalized spacial score (nSPS) is 25.8. The smallest absolute Gasteiger partial charge is 0.413 e. The van der Waals surface area contributed by atoms with Crippen LogP contribution in [-0.2, 0) is 14.3 Å². The summed E-state index contributed by atoms with van der Waals surface area (Å²) in [7, 11) is 0. The molecule has 0 aromatic carbocycles. The first-order valence-corrected chi connectivity index (χ1v) is 7.14. The number of hydrogen-bond donors (Lipinski definition) is 1. The summed E-state index contributed by atoms with van der Waals surface area (Å²) in [5.74, 6) is -1.04. The molecule has 6 heteroatoms. The third-order valence-electron chi connectivity index (χ3n) is 3.77. The Labute approximate surface area is 119 Å². The SMILES string of the molecule is CC(C)(C)OC(=O)N1C(C(=O)O)COC12CCCCC2. The van der Waals surface area contributed by atoms with Crippen molar-refractivity contribution < 1.29 is 24.2 Å². The number of nitrogens with zero attached hydrogens (tertiary/aromatic N) is 1. The summed E-state index contributed by atoms with van der Waals surface area (Å²) in [6, 6.07) is -0.956. The molecule has 1 spiro atoms. The predicted octanol–water partition coefficient (Wildman–Crippen LogP) is 2.37. The van der Waals surface area contributed by atoms with Crippen molar-refractivity contribution in [3.8, 4) is 0 Å². The Balaban J connectivity index is 2.25. The van der Waals surface area contributed by atoms with Crippen LogP contribution in [0.25, 0.3) is 0 Å². The molecule has 1 atom stereocenters. The van der Waals surface area contributed by atoms with Gasteiger partial charge < -0.3 is 14.6 Å². The molecule has 20 heavy (non-hydrogen) atoms. The van der Waals surface area contributed by atoms with E-state index >= 15 is 0 Å². The van der Waals surface area contributed by atoms with E-state index in [0.717, 1.165) is 19.3 Å². The summed E-state index contributed by atoms with van der Waals surface area (Å²) in [5, 5.41) is 9.32. The quantitative estimate of drug-likeness (QED) is 0.800. The van der Waals surface area contributed by atoms with Crippen LogP contribution in [0.2, 0.25) is 0 Å². The lowest BCUT2D eigenvalue weighted by atomic mass is 9.90. The molecule has 1 aliphatic carbocycles. The van der Waals surface area contributed by atoms with Crippen LogP contribution in [0.4, 0.5) is 4.79 Å². The number of hydrogen-bond acceptors (Lipinski definition) is 4. The van der Waals surface area contributed by atoms with Crippen LogP contribution in [0.1, 0.15) is 52.9 Å². The minimum absolute atomic E-state index is 0.0363. The largest absolute Gasteiger partial charge is 0.480 e.